The zero-order chi connectivity index (χ0) is 21.1. The molecule has 7 heteroatoms. The van der Waals surface area contributed by atoms with Gasteiger partial charge in [-0.15, -0.1) is 11.1 Å². The fourth-order valence-electron chi connectivity index (χ4n) is 2.24. The van der Waals surface area contributed by atoms with E-state index in [0.717, 1.165) is 10.8 Å². The van der Waals surface area contributed by atoms with Crippen molar-refractivity contribution >= 4 is 44.7 Å². The Hall–Kier alpha value is -0.326. The molecule has 1 unspecified atom stereocenters. The Morgan fingerprint density at radius 1 is 1.00 bits per heavy atom. The molecule has 4 nitrogen and oxygen atoms in total. The van der Waals surface area contributed by atoms with Crippen molar-refractivity contribution in [1.29, 1.82) is 0 Å². The number of carbonyl (C=O) groups excluding carboxylic acids is 1. The Bertz CT molecular complexity index is 552. The largest absolute Gasteiger partial charge is 0.468 e. The molecule has 27 heavy (non-hydrogen) atoms. The van der Waals surface area contributed by atoms with Crippen LogP contribution < -0.4 is 0 Å². The van der Waals surface area contributed by atoms with E-state index in [0.29, 0.717) is 6.42 Å². The smallest absolute Gasteiger partial charge is 0.316 e. The quantitative estimate of drug-likeness (QED) is 0.112. The van der Waals surface area contributed by atoms with Gasteiger partial charge in [0, 0.05) is 0 Å². The zero-order valence-electron chi connectivity index (χ0n) is 18.1. The molecule has 0 aromatic carbocycles. The number of alkyl halides is 1. The fraction of sp³-hybridized carbons (Fsp3) is 0.750. The highest BCUT2D eigenvalue weighted by Gasteiger charge is 2.44. The van der Waals surface area contributed by atoms with E-state index in [1.54, 1.807) is 0 Å². The second-order valence-corrected chi connectivity index (χ2v) is 19.3. The van der Waals surface area contributed by atoms with E-state index in [2.05, 4.69) is 84.8 Å². The first kappa shape index (κ1) is 26.7. The van der Waals surface area contributed by atoms with Gasteiger partial charge in [0.1, 0.15) is 34.8 Å². The van der Waals surface area contributed by atoms with E-state index >= 15 is 0 Å². The summed E-state index contributed by atoms with van der Waals surface area (Å²) in [5.74, 6) is 5.84. The van der Waals surface area contributed by atoms with E-state index in [9.17, 15) is 4.79 Å². The molecule has 0 spiro atoms. The summed E-state index contributed by atoms with van der Waals surface area (Å²) in [6.07, 6.45) is 0.756. The van der Waals surface area contributed by atoms with Crippen molar-refractivity contribution in [2.75, 3.05) is 24.8 Å². The number of esters is 1. The summed E-state index contributed by atoms with van der Waals surface area (Å²) < 4.78 is 17.8. The lowest BCUT2D eigenvalue weighted by Gasteiger charge is -2.33. The highest BCUT2D eigenvalue weighted by Crippen LogP contribution is 2.32. The second-order valence-electron chi connectivity index (χ2n) is 8.76. The molecular formula is C20H35IO4Si2. The first-order valence-corrected chi connectivity index (χ1v) is 17.8. The number of hydrogen-bond acceptors (Lipinski definition) is 4. The maximum absolute atomic E-state index is 12.5. The fourth-order valence-corrected chi connectivity index (χ4v) is 3.82. The van der Waals surface area contributed by atoms with Crippen LogP contribution in [0.4, 0.5) is 0 Å². The third kappa shape index (κ3) is 12.0. The van der Waals surface area contributed by atoms with Crippen molar-refractivity contribution in [3.63, 3.8) is 0 Å². The summed E-state index contributed by atoms with van der Waals surface area (Å²) in [6.45, 7) is 15.4. The molecule has 0 aliphatic rings. The summed E-state index contributed by atoms with van der Waals surface area (Å²) >= 11 is 2.30. The predicted octanol–water partition coefficient (Wildman–Crippen LogP) is 4.50. The van der Waals surface area contributed by atoms with Crippen molar-refractivity contribution in [3.05, 3.63) is 0 Å². The Kier molecular flexibility index (Phi) is 12.1. The summed E-state index contributed by atoms with van der Waals surface area (Å²) in [5.41, 5.74) is 5.65. The van der Waals surface area contributed by atoms with Gasteiger partial charge in [0.15, 0.2) is 6.29 Å². The summed E-state index contributed by atoms with van der Waals surface area (Å²) in [4.78, 5) is 12.5. The lowest BCUT2D eigenvalue weighted by molar-refractivity contribution is -0.209. The molecule has 0 radical (unpaired) electrons. The van der Waals surface area contributed by atoms with Crippen LogP contribution in [0.5, 0.6) is 0 Å². The highest BCUT2D eigenvalue weighted by molar-refractivity contribution is 14.1. The van der Waals surface area contributed by atoms with Gasteiger partial charge in [-0.05, 0) is 24.2 Å². The van der Waals surface area contributed by atoms with Crippen LogP contribution in [0.15, 0.2) is 0 Å². The Morgan fingerprint density at radius 3 is 1.78 bits per heavy atom. The highest BCUT2D eigenvalue weighted by atomic mass is 127. The van der Waals surface area contributed by atoms with Crippen molar-refractivity contribution in [2.45, 2.75) is 65.3 Å². The number of halogens is 1. The summed E-state index contributed by atoms with van der Waals surface area (Å²) in [5, 5.41) is 0. The molecule has 154 valence electrons. The Labute approximate surface area is 181 Å². The molecule has 0 aliphatic carbocycles. The molecule has 0 fully saturated rings. The number of ether oxygens (including phenoxy) is 3. The minimum absolute atomic E-state index is 0.229. The van der Waals surface area contributed by atoms with Crippen LogP contribution in [-0.4, -0.2) is 53.2 Å². The van der Waals surface area contributed by atoms with E-state index < -0.39 is 27.9 Å². The van der Waals surface area contributed by atoms with E-state index in [1.807, 2.05) is 6.92 Å². The minimum Gasteiger partial charge on any atom is -0.468 e. The van der Waals surface area contributed by atoms with Crippen LogP contribution >= 0.6 is 22.6 Å². The topological polar surface area (TPSA) is 44.8 Å². The van der Waals surface area contributed by atoms with Crippen molar-refractivity contribution in [2.24, 2.45) is 5.41 Å². The van der Waals surface area contributed by atoms with Crippen LogP contribution in [0.25, 0.3) is 0 Å². The second kappa shape index (κ2) is 12.3. The monoisotopic (exact) mass is 522 g/mol. The normalized spacial score (nSPS) is 13.9. The third-order valence-electron chi connectivity index (χ3n) is 3.54. The molecular weight excluding hydrogens is 487 g/mol. The van der Waals surface area contributed by atoms with Gasteiger partial charge in [-0.1, -0.05) is 73.7 Å². The van der Waals surface area contributed by atoms with E-state index in [1.165, 1.54) is 7.11 Å². The van der Waals surface area contributed by atoms with Crippen molar-refractivity contribution in [1.82, 2.24) is 0 Å². The Balaban J connectivity index is 5.38. The number of hydrogen-bond donors (Lipinski definition) is 0. The van der Waals surface area contributed by atoms with Gasteiger partial charge in [-0.2, -0.15) is 0 Å². The molecule has 0 aromatic rings. The number of rotatable bonds is 9. The third-order valence-corrected chi connectivity index (χ3v) is 6.16. The maximum Gasteiger partial charge on any atom is 0.316 e. The molecule has 0 bridgehead atoms. The molecule has 0 N–H and O–H groups in total. The van der Waals surface area contributed by atoms with Gasteiger partial charge in [0.25, 0.3) is 0 Å². The predicted molar refractivity (Wildman–Crippen MR) is 126 cm³/mol. The average molecular weight is 523 g/mol. The molecule has 0 aromatic heterocycles. The molecule has 1 atom stereocenters. The standard InChI is InChI=1S/C20H35IO4Si2/c1-20(12-9-13-21,18(22)23-2)19(24-14-10-16-26(3,4)5)25-15-11-17-27(6,7)8/h19H,9,12-15H2,1-8H3. The number of carbonyl (C=O) groups is 1. The first-order valence-electron chi connectivity index (χ1n) is 9.23. The minimum atomic E-state index is -1.47. The van der Waals surface area contributed by atoms with Gasteiger partial charge in [0.05, 0.1) is 7.11 Å². The molecule has 0 aliphatic heterocycles. The lowest BCUT2D eigenvalue weighted by Crippen LogP contribution is -2.44. The van der Waals surface area contributed by atoms with Gasteiger partial charge >= 0.3 is 5.97 Å². The van der Waals surface area contributed by atoms with Crippen LogP contribution in [0.1, 0.15) is 19.8 Å². The molecule has 0 saturated heterocycles. The van der Waals surface area contributed by atoms with Crippen LogP contribution in [0.2, 0.25) is 39.3 Å². The summed E-state index contributed by atoms with van der Waals surface area (Å²) in [7, 11) is -1.54. The molecule has 0 amide bonds. The Morgan fingerprint density at radius 2 is 1.44 bits per heavy atom. The molecule has 0 saturated carbocycles. The van der Waals surface area contributed by atoms with Gasteiger partial charge in [0.2, 0.25) is 0 Å². The van der Waals surface area contributed by atoms with Crippen LogP contribution in [0, 0.1) is 28.3 Å². The molecule has 0 heterocycles. The average Bonchev–Trinajstić information content (AvgIpc) is 2.55. The van der Waals surface area contributed by atoms with Gasteiger partial charge < -0.3 is 14.2 Å². The number of methoxy groups -OCH3 is 1. The van der Waals surface area contributed by atoms with Gasteiger partial charge in [-0.3, -0.25) is 4.79 Å². The van der Waals surface area contributed by atoms with Crippen molar-refractivity contribution in [3.8, 4) is 22.9 Å². The zero-order valence-corrected chi connectivity index (χ0v) is 22.3. The summed E-state index contributed by atoms with van der Waals surface area (Å²) in [6, 6.07) is 0. The van der Waals surface area contributed by atoms with E-state index in [-0.39, 0.29) is 19.2 Å². The van der Waals surface area contributed by atoms with Crippen LogP contribution in [0.3, 0.4) is 0 Å². The maximum atomic E-state index is 12.5. The van der Waals surface area contributed by atoms with E-state index in [4.69, 9.17) is 14.2 Å². The lowest BCUT2D eigenvalue weighted by atomic mass is 9.84. The van der Waals surface area contributed by atoms with Crippen LogP contribution in [-0.2, 0) is 19.0 Å². The first-order chi connectivity index (χ1) is 12.4. The molecule has 0 rings (SSSR count). The SMILES string of the molecule is COC(=O)C(C)(CCCI)C(OCC#C[Si](C)(C)C)OCC#C[Si](C)(C)C. The van der Waals surface area contributed by atoms with Gasteiger partial charge in [-0.25, -0.2) is 0 Å². The van der Waals surface area contributed by atoms with Crippen molar-refractivity contribution < 1.29 is 19.0 Å².